The van der Waals surface area contributed by atoms with Gasteiger partial charge in [0.05, 0.1) is 22.6 Å². The Labute approximate surface area is 179 Å². The summed E-state index contributed by atoms with van der Waals surface area (Å²) < 4.78 is 5.23. The maximum Gasteiger partial charge on any atom is 0.338 e. The average molecular weight is 411 g/mol. The summed E-state index contributed by atoms with van der Waals surface area (Å²) in [5.74, 6) is -0.944. The number of amides is 1. The van der Waals surface area contributed by atoms with E-state index >= 15 is 0 Å². The molecule has 0 aliphatic rings. The van der Waals surface area contributed by atoms with E-state index in [9.17, 15) is 9.59 Å². The number of ether oxygens (including phenoxy) is 1. The highest BCUT2D eigenvalue weighted by molar-refractivity contribution is 5.94. The van der Waals surface area contributed by atoms with E-state index in [1.807, 2.05) is 60.7 Å². The van der Waals surface area contributed by atoms with Crippen molar-refractivity contribution in [3.8, 4) is 0 Å². The normalized spacial score (nSPS) is 11.6. The van der Waals surface area contributed by atoms with Crippen molar-refractivity contribution in [2.45, 2.75) is 12.5 Å². The van der Waals surface area contributed by atoms with Crippen molar-refractivity contribution < 1.29 is 14.3 Å². The molecule has 4 rings (SSSR count). The predicted molar refractivity (Wildman–Crippen MR) is 117 cm³/mol. The Kier molecular flexibility index (Phi) is 6.28. The number of carbonyl (C=O) groups is 2. The molecular weight excluding hydrogens is 390 g/mol. The number of nitrogens with one attached hydrogen (secondary N) is 1. The summed E-state index contributed by atoms with van der Waals surface area (Å²) in [7, 11) is 0. The van der Waals surface area contributed by atoms with Gasteiger partial charge in [0, 0.05) is 12.4 Å². The lowest BCUT2D eigenvalue weighted by molar-refractivity contribution is -0.125. The van der Waals surface area contributed by atoms with Gasteiger partial charge in [0.1, 0.15) is 0 Å². The van der Waals surface area contributed by atoms with Crippen LogP contribution in [-0.4, -0.2) is 28.5 Å². The molecule has 6 heteroatoms. The van der Waals surface area contributed by atoms with Crippen LogP contribution in [0.1, 0.15) is 27.5 Å². The molecule has 154 valence electrons. The van der Waals surface area contributed by atoms with Crippen LogP contribution in [0.2, 0.25) is 0 Å². The van der Waals surface area contributed by atoms with E-state index < -0.39 is 5.97 Å². The van der Waals surface area contributed by atoms with E-state index in [0.29, 0.717) is 23.0 Å². The first-order valence-electron chi connectivity index (χ1n) is 9.95. The molecule has 1 atom stereocenters. The fourth-order valence-corrected chi connectivity index (χ4v) is 3.33. The molecule has 0 saturated heterocycles. The van der Waals surface area contributed by atoms with E-state index in [1.54, 1.807) is 30.6 Å². The molecule has 0 aliphatic heterocycles. The molecule has 1 heterocycles. The van der Waals surface area contributed by atoms with E-state index in [2.05, 4.69) is 15.3 Å². The van der Waals surface area contributed by atoms with Gasteiger partial charge in [-0.2, -0.15) is 0 Å². The smallest absolute Gasteiger partial charge is 0.338 e. The lowest BCUT2D eigenvalue weighted by Crippen LogP contribution is -2.33. The lowest BCUT2D eigenvalue weighted by Gasteiger charge is -2.19. The third-order valence-corrected chi connectivity index (χ3v) is 4.86. The SMILES string of the molecule is O=C(COC(=O)c1ccc2nccnc2c1)N[C@H](Cc1ccccc1)c1ccccc1. The first-order valence-corrected chi connectivity index (χ1v) is 9.95. The van der Waals surface area contributed by atoms with E-state index in [4.69, 9.17) is 4.74 Å². The Morgan fingerprint density at radius 3 is 2.26 bits per heavy atom. The molecule has 1 N–H and O–H groups in total. The van der Waals surface area contributed by atoms with Crippen molar-refractivity contribution >= 4 is 22.9 Å². The number of fused-ring (bicyclic) bond motifs is 1. The van der Waals surface area contributed by atoms with Crippen LogP contribution >= 0.6 is 0 Å². The van der Waals surface area contributed by atoms with Gasteiger partial charge in [-0.25, -0.2) is 4.79 Å². The summed E-state index contributed by atoms with van der Waals surface area (Å²) in [5, 5.41) is 2.98. The zero-order valence-corrected chi connectivity index (χ0v) is 16.8. The lowest BCUT2D eigenvalue weighted by atomic mass is 9.99. The van der Waals surface area contributed by atoms with Crippen molar-refractivity contribution in [2.75, 3.05) is 6.61 Å². The van der Waals surface area contributed by atoms with Gasteiger partial charge in [0.25, 0.3) is 5.91 Å². The zero-order valence-electron chi connectivity index (χ0n) is 16.8. The number of rotatable bonds is 7. The van der Waals surface area contributed by atoms with Gasteiger partial charge < -0.3 is 10.1 Å². The van der Waals surface area contributed by atoms with Crippen LogP contribution < -0.4 is 5.32 Å². The molecule has 0 unspecified atom stereocenters. The molecule has 3 aromatic carbocycles. The molecule has 0 radical (unpaired) electrons. The van der Waals surface area contributed by atoms with Crippen molar-refractivity contribution in [3.05, 3.63) is 108 Å². The number of nitrogens with zero attached hydrogens (tertiary/aromatic N) is 2. The first kappa shape index (κ1) is 20.2. The van der Waals surface area contributed by atoms with Crippen LogP contribution in [0.4, 0.5) is 0 Å². The molecule has 0 bridgehead atoms. The maximum atomic E-state index is 12.6. The molecule has 1 aromatic heterocycles. The van der Waals surface area contributed by atoms with E-state index in [-0.39, 0.29) is 18.6 Å². The Morgan fingerprint density at radius 1 is 0.839 bits per heavy atom. The second-order valence-electron chi connectivity index (χ2n) is 7.06. The number of hydrogen-bond donors (Lipinski definition) is 1. The molecule has 0 saturated carbocycles. The predicted octanol–water partition coefficient (Wildman–Crippen LogP) is 3.89. The summed E-state index contributed by atoms with van der Waals surface area (Å²) in [4.78, 5) is 33.3. The minimum Gasteiger partial charge on any atom is -0.452 e. The van der Waals surface area contributed by atoms with Gasteiger partial charge in [0.2, 0.25) is 0 Å². The largest absolute Gasteiger partial charge is 0.452 e. The fraction of sp³-hybridized carbons (Fsp3) is 0.120. The highest BCUT2D eigenvalue weighted by Crippen LogP contribution is 2.18. The van der Waals surface area contributed by atoms with Gasteiger partial charge in [-0.3, -0.25) is 14.8 Å². The summed E-state index contributed by atoms with van der Waals surface area (Å²) in [5.41, 5.74) is 3.69. The zero-order chi connectivity index (χ0) is 21.5. The standard InChI is InChI=1S/C25H21N3O3/c29-24(17-31-25(30)20-11-12-21-23(16-20)27-14-13-26-21)28-22(19-9-5-2-6-10-19)15-18-7-3-1-4-8-18/h1-14,16,22H,15,17H2,(H,28,29)/t22-/m1/s1. The Hall–Kier alpha value is -4.06. The number of benzene rings is 3. The van der Waals surface area contributed by atoms with Gasteiger partial charge in [-0.05, 0) is 35.7 Å². The first-order chi connectivity index (χ1) is 15.2. The van der Waals surface area contributed by atoms with Crippen LogP contribution in [0.15, 0.2) is 91.3 Å². The van der Waals surface area contributed by atoms with Gasteiger partial charge in [-0.15, -0.1) is 0 Å². The third kappa shape index (κ3) is 5.30. The molecule has 0 fully saturated rings. The molecule has 6 nitrogen and oxygen atoms in total. The number of hydrogen-bond acceptors (Lipinski definition) is 5. The van der Waals surface area contributed by atoms with Gasteiger partial charge >= 0.3 is 5.97 Å². The summed E-state index contributed by atoms with van der Waals surface area (Å²) >= 11 is 0. The summed E-state index contributed by atoms with van der Waals surface area (Å²) in [6, 6.07) is 24.3. The van der Waals surface area contributed by atoms with Crippen molar-refractivity contribution in [1.29, 1.82) is 0 Å². The monoisotopic (exact) mass is 411 g/mol. The summed E-state index contributed by atoms with van der Waals surface area (Å²) in [6.45, 7) is -0.366. The van der Waals surface area contributed by atoms with Crippen LogP contribution in [0.5, 0.6) is 0 Å². The second kappa shape index (κ2) is 9.63. The van der Waals surface area contributed by atoms with Crippen molar-refractivity contribution in [3.63, 3.8) is 0 Å². The van der Waals surface area contributed by atoms with Crippen LogP contribution in [0, 0.1) is 0 Å². The minimum atomic E-state index is -0.581. The highest BCUT2D eigenvalue weighted by Gasteiger charge is 2.17. The molecule has 1 amide bonds. The van der Waals surface area contributed by atoms with Crippen molar-refractivity contribution in [2.24, 2.45) is 0 Å². The molecular formula is C25H21N3O3. The van der Waals surface area contributed by atoms with Crippen LogP contribution in [0.25, 0.3) is 11.0 Å². The average Bonchev–Trinajstić information content (AvgIpc) is 2.83. The quantitative estimate of drug-likeness (QED) is 0.467. The minimum absolute atomic E-state index is 0.231. The summed E-state index contributed by atoms with van der Waals surface area (Å²) in [6.07, 6.45) is 3.78. The third-order valence-electron chi connectivity index (χ3n) is 4.86. The van der Waals surface area contributed by atoms with Crippen molar-refractivity contribution in [1.82, 2.24) is 15.3 Å². The Morgan fingerprint density at radius 2 is 1.52 bits per heavy atom. The number of aromatic nitrogens is 2. The molecule has 31 heavy (non-hydrogen) atoms. The van der Waals surface area contributed by atoms with E-state index in [1.165, 1.54) is 0 Å². The number of esters is 1. The maximum absolute atomic E-state index is 12.6. The van der Waals surface area contributed by atoms with Crippen LogP contribution in [-0.2, 0) is 16.0 Å². The van der Waals surface area contributed by atoms with Crippen LogP contribution in [0.3, 0.4) is 0 Å². The van der Waals surface area contributed by atoms with Gasteiger partial charge in [-0.1, -0.05) is 60.7 Å². The molecule has 0 spiro atoms. The fourth-order valence-electron chi connectivity index (χ4n) is 3.33. The molecule has 0 aliphatic carbocycles. The second-order valence-corrected chi connectivity index (χ2v) is 7.06. The highest BCUT2D eigenvalue weighted by atomic mass is 16.5. The van der Waals surface area contributed by atoms with E-state index in [0.717, 1.165) is 11.1 Å². The van der Waals surface area contributed by atoms with Gasteiger partial charge in [0.15, 0.2) is 6.61 Å². The number of carbonyl (C=O) groups excluding carboxylic acids is 2. The molecule has 4 aromatic rings. The Balaban J connectivity index is 1.40. The Bertz CT molecular complexity index is 1180. The topological polar surface area (TPSA) is 81.2 Å².